The zero-order valence-electron chi connectivity index (χ0n) is 14.6. The van der Waals surface area contributed by atoms with E-state index in [1.165, 1.54) is 16.7 Å². The molecule has 2 N–H and O–H groups in total. The summed E-state index contributed by atoms with van der Waals surface area (Å²) in [6.07, 6.45) is 0. The van der Waals surface area contributed by atoms with Crippen molar-refractivity contribution in [3.05, 3.63) is 53.1 Å². The lowest BCUT2D eigenvalue weighted by atomic mass is 10.1. The van der Waals surface area contributed by atoms with Crippen LogP contribution in [-0.2, 0) is 6.54 Å². The Labute approximate surface area is 138 Å². The molecule has 0 saturated carbocycles. The largest absolute Gasteiger partial charge is 0.324 e. The predicted octanol–water partition coefficient (Wildman–Crippen LogP) is 4.37. The molecule has 0 atom stereocenters. The fraction of sp³-hybridized carbons (Fsp3) is 0.350. The Bertz CT molecular complexity index is 866. The Kier molecular flexibility index (Phi) is 3.77. The molecule has 0 aliphatic rings. The third-order valence-corrected chi connectivity index (χ3v) is 4.21. The zero-order valence-corrected chi connectivity index (χ0v) is 14.6. The van der Waals surface area contributed by atoms with Gasteiger partial charge in [0, 0.05) is 17.6 Å². The van der Waals surface area contributed by atoms with Gasteiger partial charge in [0.05, 0.1) is 11.0 Å². The van der Waals surface area contributed by atoms with Crippen molar-refractivity contribution in [2.45, 2.75) is 46.7 Å². The first-order valence-electron chi connectivity index (χ1n) is 8.08. The van der Waals surface area contributed by atoms with Gasteiger partial charge in [-0.15, -0.1) is 0 Å². The summed E-state index contributed by atoms with van der Waals surface area (Å²) in [5.74, 6) is 0.993. The molecule has 23 heavy (non-hydrogen) atoms. The van der Waals surface area contributed by atoms with Crippen LogP contribution < -0.4 is 5.73 Å². The van der Waals surface area contributed by atoms with Gasteiger partial charge >= 0.3 is 0 Å². The van der Waals surface area contributed by atoms with Gasteiger partial charge in [0.25, 0.3) is 0 Å². The van der Waals surface area contributed by atoms with Gasteiger partial charge in [0.15, 0.2) is 0 Å². The van der Waals surface area contributed by atoms with Crippen LogP contribution in [0.3, 0.4) is 0 Å². The number of nitrogens with zero attached hydrogens (tertiary/aromatic N) is 2. The van der Waals surface area contributed by atoms with E-state index in [2.05, 4.69) is 75.6 Å². The number of nitrogens with two attached hydrogens (primary N) is 1. The van der Waals surface area contributed by atoms with Crippen molar-refractivity contribution >= 4 is 11.0 Å². The molecule has 0 aliphatic heterocycles. The van der Waals surface area contributed by atoms with Crippen molar-refractivity contribution in [2.75, 3.05) is 0 Å². The number of hydrogen-bond acceptors (Lipinski definition) is 2. The summed E-state index contributed by atoms with van der Waals surface area (Å²) < 4.78 is 2.26. The lowest BCUT2D eigenvalue weighted by Crippen LogP contribution is -2.37. The zero-order chi connectivity index (χ0) is 16.8. The van der Waals surface area contributed by atoms with Crippen LogP contribution in [0.2, 0.25) is 0 Å². The van der Waals surface area contributed by atoms with Crippen LogP contribution in [0.4, 0.5) is 0 Å². The third kappa shape index (κ3) is 3.15. The summed E-state index contributed by atoms with van der Waals surface area (Å²) in [5.41, 5.74) is 13.1. The quantitative estimate of drug-likeness (QED) is 0.781. The minimum atomic E-state index is -0.301. The van der Waals surface area contributed by atoms with Crippen LogP contribution in [0.15, 0.2) is 36.4 Å². The van der Waals surface area contributed by atoms with Crippen molar-refractivity contribution in [1.29, 1.82) is 0 Å². The van der Waals surface area contributed by atoms with E-state index in [0.717, 1.165) is 29.0 Å². The normalized spacial score (nSPS) is 12.1. The van der Waals surface area contributed by atoms with Gasteiger partial charge in [-0.25, -0.2) is 4.98 Å². The van der Waals surface area contributed by atoms with E-state index >= 15 is 0 Å². The fourth-order valence-corrected chi connectivity index (χ4v) is 2.95. The lowest BCUT2D eigenvalue weighted by molar-refractivity contribution is 0.442. The number of aromatic nitrogens is 2. The van der Waals surface area contributed by atoms with E-state index in [-0.39, 0.29) is 5.54 Å². The second-order valence-corrected chi connectivity index (χ2v) is 7.30. The number of rotatable bonds is 3. The predicted molar refractivity (Wildman–Crippen MR) is 97.6 cm³/mol. The van der Waals surface area contributed by atoms with Crippen molar-refractivity contribution in [3.8, 4) is 11.4 Å². The molecule has 3 heteroatoms. The number of benzene rings is 2. The van der Waals surface area contributed by atoms with Crippen LogP contribution in [0.25, 0.3) is 22.4 Å². The van der Waals surface area contributed by atoms with Crippen LogP contribution >= 0.6 is 0 Å². The van der Waals surface area contributed by atoms with E-state index in [0.29, 0.717) is 0 Å². The summed E-state index contributed by atoms with van der Waals surface area (Å²) in [4.78, 5) is 4.92. The highest BCUT2D eigenvalue weighted by molar-refractivity contribution is 5.82. The average molecular weight is 307 g/mol. The van der Waals surface area contributed by atoms with Crippen molar-refractivity contribution < 1.29 is 0 Å². The molecule has 0 saturated heterocycles. The molecule has 3 nitrogen and oxygen atoms in total. The van der Waals surface area contributed by atoms with Crippen molar-refractivity contribution in [2.24, 2.45) is 5.73 Å². The van der Waals surface area contributed by atoms with Crippen LogP contribution in [-0.4, -0.2) is 15.1 Å². The first kappa shape index (κ1) is 15.8. The third-order valence-electron chi connectivity index (χ3n) is 4.21. The molecule has 0 unspecified atom stereocenters. The molecule has 0 spiro atoms. The standard InChI is InChI=1S/C20H25N3/c1-13-7-6-8-16(9-13)19-22-17-10-14(2)15(3)11-18(17)23(19)12-20(4,5)21/h6-11H,12,21H2,1-5H3. The Morgan fingerprint density at radius 2 is 1.74 bits per heavy atom. The molecule has 3 rings (SSSR count). The van der Waals surface area contributed by atoms with E-state index in [1.54, 1.807) is 0 Å². The molecule has 1 heterocycles. The molecule has 0 fully saturated rings. The SMILES string of the molecule is Cc1cccc(-c2nc3cc(C)c(C)cc3n2CC(C)(C)N)c1. The maximum absolute atomic E-state index is 6.31. The van der Waals surface area contributed by atoms with Crippen LogP contribution in [0.5, 0.6) is 0 Å². The summed E-state index contributed by atoms with van der Waals surface area (Å²) in [5, 5.41) is 0. The van der Waals surface area contributed by atoms with E-state index in [4.69, 9.17) is 10.7 Å². The number of hydrogen-bond donors (Lipinski definition) is 1. The maximum Gasteiger partial charge on any atom is 0.141 e. The molecule has 0 bridgehead atoms. The summed E-state index contributed by atoms with van der Waals surface area (Å²) in [7, 11) is 0. The summed E-state index contributed by atoms with van der Waals surface area (Å²) in [6, 6.07) is 12.9. The second-order valence-electron chi connectivity index (χ2n) is 7.30. The molecule has 0 amide bonds. The number of imidazole rings is 1. The highest BCUT2D eigenvalue weighted by Gasteiger charge is 2.19. The first-order chi connectivity index (χ1) is 10.7. The van der Waals surface area contributed by atoms with Gasteiger partial charge in [-0.2, -0.15) is 0 Å². The Morgan fingerprint density at radius 3 is 2.39 bits per heavy atom. The second kappa shape index (κ2) is 5.50. The molecule has 1 aromatic heterocycles. The van der Waals surface area contributed by atoms with Gasteiger partial charge < -0.3 is 10.3 Å². The Balaban J connectivity index is 2.29. The topological polar surface area (TPSA) is 43.8 Å². The number of fused-ring (bicyclic) bond motifs is 1. The molecule has 120 valence electrons. The van der Waals surface area contributed by atoms with E-state index in [1.807, 2.05) is 0 Å². The number of aryl methyl sites for hydroxylation is 3. The minimum Gasteiger partial charge on any atom is -0.324 e. The highest BCUT2D eigenvalue weighted by Crippen LogP contribution is 2.28. The highest BCUT2D eigenvalue weighted by atomic mass is 15.1. The molecule has 3 aromatic rings. The van der Waals surface area contributed by atoms with E-state index in [9.17, 15) is 0 Å². The van der Waals surface area contributed by atoms with Gasteiger partial charge in [0.1, 0.15) is 5.82 Å². The molecular weight excluding hydrogens is 282 g/mol. The summed E-state index contributed by atoms with van der Waals surface area (Å²) >= 11 is 0. The summed E-state index contributed by atoms with van der Waals surface area (Å²) in [6.45, 7) is 11.2. The molecule has 0 aliphatic carbocycles. The Morgan fingerprint density at radius 1 is 1.04 bits per heavy atom. The van der Waals surface area contributed by atoms with Crippen molar-refractivity contribution in [1.82, 2.24) is 9.55 Å². The monoisotopic (exact) mass is 307 g/mol. The average Bonchev–Trinajstić information content (AvgIpc) is 2.76. The van der Waals surface area contributed by atoms with Crippen LogP contribution in [0, 0.1) is 20.8 Å². The van der Waals surface area contributed by atoms with Crippen LogP contribution in [0.1, 0.15) is 30.5 Å². The minimum absolute atomic E-state index is 0.301. The molecular formula is C20H25N3. The smallest absolute Gasteiger partial charge is 0.141 e. The molecule has 2 aromatic carbocycles. The lowest BCUT2D eigenvalue weighted by Gasteiger charge is -2.21. The van der Waals surface area contributed by atoms with Gasteiger partial charge in [0.2, 0.25) is 0 Å². The first-order valence-corrected chi connectivity index (χ1v) is 8.08. The van der Waals surface area contributed by atoms with Gasteiger partial charge in [-0.1, -0.05) is 23.8 Å². The van der Waals surface area contributed by atoms with Gasteiger partial charge in [-0.3, -0.25) is 0 Å². The molecule has 0 radical (unpaired) electrons. The fourth-order valence-electron chi connectivity index (χ4n) is 2.95. The maximum atomic E-state index is 6.31. The van der Waals surface area contributed by atoms with Crippen molar-refractivity contribution in [3.63, 3.8) is 0 Å². The van der Waals surface area contributed by atoms with E-state index < -0.39 is 0 Å². The Hall–Kier alpha value is -2.13. The van der Waals surface area contributed by atoms with Gasteiger partial charge in [-0.05, 0) is 63.9 Å².